The molecule has 1 unspecified atom stereocenters. The van der Waals surface area contributed by atoms with Gasteiger partial charge in [0.15, 0.2) is 5.78 Å². The van der Waals surface area contributed by atoms with Gasteiger partial charge in [0.1, 0.15) is 11.8 Å². The maximum absolute atomic E-state index is 13.3. The highest BCUT2D eigenvalue weighted by molar-refractivity contribution is 5.98. The number of nitrogens with one attached hydrogen (secondary N) is 1. The first-order chi connectivity index (χ1) is 15.3. The van der Waals surface area contributed by atoms with E-state index in [0.29, 0.717) is 17.8 Å². The van der Waals surface area contributed by atoms with Crippen LogP contribution in [0.4, 0.5) is 14.5 Å². The summed E-state index contributed by atoms with van der Waals surface area (Å²) in [5.41, 5.74) is 2.68. The average molecular weight is 438 g/mol. The Labute approximate surface area is 185 Å². The van der Waals surface area contributed by atoms with E-state index in [1.807, 2.05) is 42.3 Å². The molecule has 0 aromatic heterocycles. The summed E-state index contributed by atoms with van der Waals surface area (Å²) < 4.78 is 29.1. The van der Waals surface area contributed by atoms with Crippen molar-refractivity contribution in [2.75, 3.05) is 12.4 Å². The van der Waals surface area contributed by atoms with Gasteiger partial charge in [0.05, 0.1) is 0 Å². The molecule has 32 heavy (non-hydrogen) atoms. The van der Waals surface area contributed by atoms with Crippen LogP contribution in [0.2, 0.25) is 0 Å². The summed E-state index contributed by atoms with van der Waals surface area (Å²) in [5.74, 6) is -0.261. The molecule has 0 aliphatic heterocycles. The maximum atomic E-state index is 13.3. The van der Waals surface area contributed by atoms with Gasteiger partial charge in [-0.25, -0.2) is 0 Å². The van der Waals surface area contributed by atoms with Crippen LogP contribution in [0.3, 0.4) is 0 Å². The summed E-state index contributed by atoms with van der Waals surface area (Å²) in [6, 6.07) is 21.8. The number of hydrogen-bond donors (Lipinski definition) is 1. The summed E-state index contributed by atoms with van der Waals surface area (Å²) in [5, 5.41) is 2.90. The number of amides is 1. The van der Waals surface area contributed by atoms with Crippen LogP contribution in [0.5, 0.6) is 5.75 Å². The number of anilines is 1. The first kappa shape index (κ1) is 23.1. The van der Waals surface area contributed by atoms with Crippen molar-refractivity contribution in [2.24, 2.45) is 0 Å². The molecule has 0 saturated carbocycles. The molecule has 1 amide bonds. The molecule has 5 nitrogen and oxygen atoms in total. The van der Waals surface area contributed by atoms with E-state index in [0.717, 1.165) is 11.1 Å². The number of alkyl halides is 2. The number of Topliss-reactive ketones (excluding diaryl/α,β-unsaturated/α-hetero) is 1. The van der Waals surface area contributed by atoms with Crippen LogP contribution in [0.25, 0.3) is 0 Å². The number of hydrogen-bond acceptors (Lipinski definition) is 4. The molecular formula is C25H24F2N2O3. The van der Waals surface area contributed by atoms with Gasteiger partial charge in [0.25, 0.3) is 0 Å². The third-order valence-corrected chi connectivity index (χ3v) is 4.92. The minimum absolute atomic E-state index is 0.0779. The van der Waals surface area contributed by atoms with Crippen LogP contribution in [-0.4, -0.2) is 30.2 Å². The van der Waals surface area contributed by atoms with Crippen LogP contribution in [-0.2, 0) is 11.3 Å². The van der Waals surface area contributed by atoms with E-state index in [1.165, 1.54) is 19.1 Å². The number of ether oxygens (including phenoxy) is 1. The highest BCUT2D eigenvalue weighted by Gasteiger charge is 2.25. The van der Waals surface area contributed by atoms with Crippen LogP contribution in [0.15, 0.2) is 78.9 Å². The van der Waals surface area contributed by atoms with Gasteiger partial charge in [-0.2, -0.15) is 8.78 Å². The number of halogens is 2. The Morgan fingerprint density at radius 2 is 1.66 bits per heavy atom. The maximum Gasteiger partial charge on any atom is 0.387 e. The van der Waals surface area contributed by atoms with E-state index in [1.54, 1.807) is 36.4 Å². The lowest BCUT2D eigenvalue weighted by Crippen LogP contribution is -2.34. The second kappa shape index (κ2) is 10.6. The van der Waals surface area contributed by atoms with E-state index in [-0.39, 0.29) is 17.4 Å². The molecule has 0 spiro atoms. The molecule has 1 atom stereocenters. The van der Waals surface area contributed by atoms with Gasteiger partial charge in [-0.05, 0) is 49.4 Å². The van der Waals surface area contributed by atoms with Crippen LogP contribution in [0, 0.1) is 0 Å². The second-order valence-corrected chi connectivity index (χ2v) is 7.38. The standard InChI is InChI=1S/C25H24F2N2O3/c1-17(30)20-9-6-10-21(15-20)28-24(31)23(19-7-4-3-5-8-19)29(2)16-18-11-13-22(14-12-18)32-25(26)27/h3-15,23,25H,16H2,1-2H3,(H,28,31). The minimum Gasteiger partial charge on any atom is -0.435 e. The van der Waals surface area contributed by atoms with Gasteiger partial charge in [0, 0.05) is 17.8 Å². The van der Waals surface area contributed by atoms with E-state index in [2.05, 4.69) is 10.1 Å². The predicted molar refractivity (Wildman–Crippen MR) is 119 cm³/mol. The first-order valence-electron chi connectivity index (χ1n) is 10.0. The number of likely N-dealkylation sites (N-methyl/N-ethyl adjacent to an activating group) is 1. The highest BCUT2D eigenvalue weighted by atomic mass is 19.3. The summed E-state index contributed by atoms with van der Waals surface area (Å²) in [6.07, 6.45) is 0. The zero-order valence-electron chi connectivity index (χ0n) is 17.8. The van der Waals surface area contributed by atoms with Crippen molar-refractivity contribution < 1.29 is 23.1 Å². The Hall–Kier alpha value is -3.58. The van der Waals surface area contributed by atoms with Crippen molar-refractivity contribution in [1.29, 1.82) is 0 Å². The summed E-state index contributed by atoms with van der Waals surface area (Å²) >= 11 is 0. The number of carbonyl (C=O) groups excluding carboxylic acids is 2. The third-order valence-electron chi connectivity index (χ3n) is 4.92. The third kappa shape index (κ3) is 6.21. The number of benzene rings is 3. The zero-order chi connectivity index (χ0) is 23.1. The van der Waals surface area contributed by atoms with Gasteiger partial charge < -0.3 is 10.1 Å². The largest absolute Gasteiger partial charge is 0.435 e. The molecule has 3 aromatic rings. The fourth-order valence-corrected chi connectivity index (χ4v) is 3.42. The number of carbonyl (C=O) groups is 2. The molecule has 0 aliphatic rings. The molecule has 0 saturated heterocycles. The molecule has 0 aliphatic carbocycles. The molecule has 0 radical (unpaired) electrons. The lowest BCUT2D eigenvalue weighted by molar-refractivity contribution is -0.121. The normalized spacial score (nSPS) is 11.9. The average Bonchev–Trinajstić information content (AvgIpc) is 2.76. The van der Waals surface area contributed by atoms with E-state index < -0.39 is 12.7 Å². The van der Waals surface area contributed by atoms with E-state index in [4.69, 9.17) is 0 Å². The Balaban J connectivity index is 1.80. The van der Waals surface area contributed by atoms with Crippen molar-refractivity contribution >= 4 is 17.4 Å². The predicted octanol–water partition coefficient (Wildman–Crippen LogP) is 5.30. The minimum atomic E-state index is -2.88. The number of rotatable bonds is 9. The summed E-state index contributed by atoms with van der Waals surface area (Å²) in [6.45, 7) is -1.01. The molecule has 0 bridgehead atoms. The van der Waals surface area contributed by atoms with Gasteiger partial charge in [-0.3, -0.25) is 14.5 Å². The van der Waals surface area contributed by atoms with Gasteiger partial charge in [-0.15, -0.1) is 0 Å². The van der Waals surface area contributed by atoms with Crippen LogP contribution in [0.1, 0.15) is 34.5 Å². The smallest absolute Gasteiger partial charge is 0.387 e. The fraction of sp³-hybridized carbons (Fsp3) is 0.200. The van der Waals surface area contributed by atoms with Crippen molar-refractivity contribution in [3.63, 3.8) is 0 Å². The lowest BCUT2D eigenvalue weighted by atomic mass is 10.0. The summed E-state index contributed by atoms with van der Waals surface area (Å²) in [4.78, 5) is 26.8. The SMILES string of the molecule is CC(=O)c1cccc(NC(=O)C(c2ccccc2)N(C)Cc2ccc(OC(F)F)cc2)c1. The van der Waals surface area contributed by atoms with Crippen LogP contribution < -0.4 is 10.1 Å². The zero-order valence-corrected chi connectivity index (χ0v) is 17.8. The highest BCUT2D eigenvalue weighted by Crippen LogP contribution is 2.25. The Bertz CT molecular complexity index is 1060. The Morgan fingerprint density at radius 1 is 0.969 bits per heavy atom. The van der Waals surface area contributed by atoms with Gasteiger partial charge >= 0.3 is 6.61 Å². The molecule has 166 valence electrons. The molecule has 7 heteroatoms. The molecule has 3 rings (SSSR count). The molecule has 0 fully saturated rings. The van der Waals surface area contributed by atoms with E-state index >= 15 is 0 Å². The first-order valence-corrected chi connectivity index (χ1v) is 10.0. The summed E-state index contributed by atoms with van der Waals surface area (Å²) in [7, 11) is 1.81. The molecule has 1 N–H and O–H groups in total. The lowest BCUT2D eigenvalue weighted by Gasteiger charge is -2.28. The second-order valence-electron chi connectivity index (χ2n) is 7.38. The van der Waals surface area contributed by atoms with Crippen molar-refractivity contribution in [2.45, 2.75) is 26.1 Å². The topological polar surface area (TPSA) is 58.6 Å². The van der Waals surface area contributed by atoms with Crippen molar-refractivity contribution in [1.82, 2.24) is 4.90 Å². The molecular weight excluding hydrogens is 414 g/mol. The molecule has 0 heterocycles. The Morgan fingerprint density at radius 3 is 2.28 bits per heavy atom. The van der Waals surface area contributed by atoms with Gasteiger partial charge in [0.2, 0.25) is 5.91 Å². The van der Waals surface area contributed by atoms with E-state index in [9.17, 15) is 18.4 Å². The van der Waals surface area contributed by atoms with Crippen LogP contribution >= 0.6 is 0 Å². The monoisotopic (exact) mass is 438 g/mol. The van der Waals surface area contributed by atoms with Crippen molar-refractivity contribution in [3.8, 4) is 5.75 Å². The molecule has 3 aromatic carbocycles. The number of ketones is 1. The number of nitrogens with zero attached hydrogens (tertiary/aromatic N) is 1. The van der Waals surface area contributed by atoms with Gasteiger partial charge in [-0.1, -0.05) is 54.6 Å². The fourth-order valence-electron chi connectivity index (χ4n) is 3.42. The Kier molecular flexibility index (Phi) is 7.68. The quantitative estimate of drug-likeness (QED) is 0.461. The van der Waals surface area contributed by atoms with Crippen molar-refractivity contribution in [3.05, 3.63) is 95.6 Å².